The molecule has 0 aliphatic carbocycles. The van der Waals surface area contributed by atoms with Crippen LogP contribution in [0, 0.1) is 17.9 Å². The van der Waals surface area contributed by atoms with E-state index in [9.17, 15) is 18.7 Å². The average Bonchev–Trinajstić information content (AvgIpc) is 3.39. The number of halogens is 2. The van der Waals surface area contributed by atoms with Gasteiger partial charge in [0, 0.05) is 38.0 Å². The second-order valence-electron chi connectivity index (χ2n) is 12.8. The van der Waals surface area contributed by atoms with Gasteiger partial charge in [-0.2, -0.15) is 0 Å². The molecule has 47 heavy (non-hydrogen) atoms. The molecule has 253 valence electrons. The van der Waals surface area contributed by atoms with Crippen LogP contribution in [0.2, 0.25) is 17.3 Å². The van der Waals surface area contributed by atoms with Crippen LogP contribution in [0.25, 0.3) is 42.3 Å². The van der Waals surface area contributed by atoms with Gasteiger partial charge in [0.15, 0.2) is 5.78 Å². The molecule has 1 radical (unpaired) electrons. The van der Waals surface area contributed by atoms with Gasteiger partial charge in [0.1, 0.15) is 0 Å². The predicted molar refractivity (Wildman–Crippen MR) is 193 cm³/mol. The first-order chi connectivity index (χ1) is 21.9. The van der Waals surface area contributed by atoms with Gasteiger partial charge in [0.05, 0.1) is 5.76 Å². The Kier molecular flexibility index (Phi) is 14.3. The fourth-order valence-electron chi connectivity index (χ4n) is 5.87. The Balaban J connectivity index is 0.000000322. The first-order valence-corrected chi connectivity index (χ1v) is 24.4. The number of allylic oxidation sites excluding steroid dienone is 2. The molecule has 0 spiro atoms. The van der Waals surface area contributed by atoms with Gasteiger partial charge in [-0.05, 0) is 25.7 Å². The second kappa shape index (κ2) is 17.2. The van der Waals surface area contributed by atoms with E-state index in [0.29, 0.717) is 5.56 Å². The summed E-state index contributed by atoms with van der Waals surface area (Å²) in [6.45, 7) is 8.07. The number of carbonyl (C=O) groups excluding carboxylic acids is 1. The van der Waals surface area contributed by atoms with Gasteiger partial charge in [-0.3, -0.25) is 4.79 Å². The molecular formula is C38H45F2GeIrN2O2S-. The zero-order valence-corrected chi connectivity index (χ0v) is 33.6. The van der Waals surface area contributed by atoms with Crippen molar-refractivity contribution >= 4 is 65.9 Å². The number of hydrogen-bond acceptors (Lipinski definition) is 5. The molecule has 2 aromatic heterocycles. The summed E-state index contributed by atoms with van der Waals surface area (Å²) < 4.78 is 29.1. The predicted octanol–water partition coefficient (Wildman–Crippen LogP) is 10.7. The summed E-state index contributed by atoms with van der Waals surface area (Å²) in [6.07, 6.45) is 3.92. The van der Waals surface area contributed by atoms with E-state index in [0.717, 1.165) is 62.6 Å². The third-order valence-corrected chi connectivity index (χ3v) is 14.0. The molecule has 2 heterocycles. The van der Waals surface area contributed by atoms with Gasteiger partial charge in [0.2, 0.25) is 0 Å². The molecule has 3 aromatic carbocycles. The van der Waals surface area contributed by atoms with Crippen molar-refractivity contribution in [1.29, 1.82) is 0 Å². The van der Waals surface area contributed by atoms with Crippen LogP contribution in [0.15, 0.2) is 66.7 Å². The molecule has 0 bridgehead atoms. The van der Waals surface area contributed by atoms with Gasteiger partial charge < -0.3 is 5.11 Å². The molecular weight excluding hydrogens is 851 g/mol. The number of thiophene rings is 1. The van der Waals surface area contributed by atoms with Crippen molar-refractivity contribution in [2.75, 3.05) is 0 Å². The molecule has 4 nitrogen and oxygen atoms in total. The van der Waals surface area contributed by atoms with Crippen LogP contribution < -0.4 is 4.40 Å². The number of aliphatic hydroxyl groups excluding tert-OH is 1. The summed E-state index contributed by atoms with van der Waals surface area (Å²) in [4.78, 5) is 20.9. The maximum Gasteiger partial charge on any atom is 0 e. The van der Waals surface area contributed by atoms with E-state index in [1.165, 1.54) is 15.9 Å². The fraction of sp³-hybridized carbons (Fsp3) is 0.395. The Labute approximate surface area is 297 Å². The Hall–Kier alpha value is -2.52. The van der Waals surface area contributed by atoms with Crippen LogP contribution in [-0.4, -0.2) is 40.5 Å². The van der Waals surface area contributed by atoms with Crippen molar-refractivity contribution in [2.24, 2.45) is 11.8 Å². The molecule has 9 heteroatoms. The summed E-state index contributed by atoms with van der Waals surface area (Å²) in [6, 6.07) is 19.8. The average molecular weight is 897 g/mol. The van der Waals surface area contributed by atoms with Crippen molar-refractivity contribution in [2.45, 2.75) is 83.5 Å². The molecule has 0 aliphatic rings. The van der Waals surface area contributed by atoms with E-state index >= 15 is 0 Å². The number of alkyl halides is 2. The van der Waals surface area contributed by atoms with Gasteiger partial charge in [0.25, 0.3) is 0 Å². The van der Waals surface area contributed by atoms with E-state index in [1.807, 2.05) is 45.9 Å². The SMILES string of the molecule is CCC(CC)C(=O)/C=C(\O)C(CC)CC.[CH3][Ge]([CH3])([CH3])[c]1cc(-c2ncnc3c2sc2cc(CC(F)F)ccc23)[c-]c2ccccc12.[Ir]. The Bertz CT molecular complexity index is 1840. The van der Waals surface area contributed by atoms with E-state index in [1.54, 1.807) is 23.7 Å². The summed E-state index contributed by atoms with van der Waals surface area (Å²) in [7, 11) is 0. The van der Waals surface area contributed by atoms with Gasteiger partial charge in [-0.15, -0.1) is 0 Å². The van der Waals surface area contributed by atoms with Crippen molar-refractivity contribution in [3.05, 3.63) is 78.3 Å². The van der Waals surface area contributed by atoms with Gasteiger partial charge in [-0.25, -0.2) is 0 Å². The van der Waals surface area contributed by atoms with Crippen molar-refractivity contribution in [3.63, 3.8) is 0 Å². The zero-order valence-electron chi connectivity index (χ0n) is 28.3. The molecule has 1 N–H and O–H groups in total. The number of hydrogen-bond donors (Lipinski definition) is 1. The molecule has 0 saturated carbocycles. The van der Waals surface area contributed by atoms with Crippen LogP contribution >= 0.6 is 11.3 Å². The zero-order chi connectivity index (χ0) is 33.6. The molecule has 0 unspecified atom stereocenters. The van der Waals surface area contributed by atoms with Gasteiger partial charge >= 0.3 is 187 Å². The number of aliphatic hydroxyl groups is 1. The Morgan fingerprint density at radius 2 is 1.60 bits per heavy atom. The minimum absolute atomic E-state index is 0. The molecule has 0 atom stereocenters. The van der Waals surface area contributed by atoms with Crippen molar-refractivity contribution in [1.82, 2.24) is 9.97 Å². The number of benzene rings is 3. The third kappa shape index (κ3) is 9.34. The smallest absolute Gasteiger partial charge is 0 e. The Morgan fingerprint density at radius 1 is 0.936 bits per heavy atom. The first kappa shape index (κ1) is 38.9. The number of rotatable bonds is 11. The number of ketones is 1. The number of fused-ring (bicyclic) bond motifs is 4. The number of nitrogens with zero attached hydrogens (tertiary/aromatic N) is 2. The first-order valence-electron chi connectivity index (χ1n) is 16.3. The second-order valence-corrected chi connectivity index (χ2v) is 24.4. The van der Waals surface area contributed by atoms with Gasteiger partial charge in [-0.1, -0.05) is 27.7 Å². The molecule has 0 fully saturated rings. The van der Waals surface area contributed by atoms with Crippen LogP contribution in [-0.2, 0) is 31.3 Å². The third-order valence-electron chi connectivity index (χ3n) is 8.63. The van der Waals surface area contributed by atoms with Crippen LogP contribution in [0.4, 0.5) is 8.78 Å². The van der Waals surface area contributed by atoms with E-state index < -0.39 is 19.7 Å². The molecule has 0 saturated heterocycles. The fourth-order valence-corrected chi connectivity index (χ4v) is 10.5. The summed E-state index contributed by atoms with van der Waals surface area (Å²) >= 11 is -0.598. The minimum Gasteiger partial charge on any atom is 0 e. The maximum atomic E-state index is 12.9. The van der Waals surface area contributed by atoms with Crippen LogP contribution in [0.1, 0.15) is 58.9 Å². The van der Waals surface area contributed by atoms with Crippen LogP contribution in [0.5, 0.6) is 0 Å². The Morgan fingerprint density at radius 3 is 2.21 bits per heavy atom. The maximum absolute atomic E-state index is 12.9. The van der Waals surface area contributed by atoms with Crippen molar-refractivity contribution < 1.29 is 38.8 Å². The quantitative estimate of drug-likeness (QED) is 0.0621. The molecule has 0 amide bonds. The normalized spacial score (nSPS) is 12.2. The number of carbonyl (C=O) groups is 1. The summed E-state index contributed by atoms with van der Waals surface area (Å²) in [5.41, 5.74) is 3.35. The van der Waals surface area contributed by atoms with E-state index in [-0.39, 0.29) is 49.9 Å². The summed E-state index contributed by atoms with van der Waals surface area (Å²) in [5.74, 6) is 7.73. The topological polar surface area (TPSA) is 63.1 Å². The van der Waals surface area contributed by atoms with Crippen molar-refractivity contribution in [3.8, 4) is 11.3 Å². The molecule has 5 rings (SSSR count). The monoisotopic (exact) mass is 898 g/mol. The van der Waals surface area contributed by atoms with Crippen LogP contribution in [0.3, 0.4) is 0 Å². The largest absolute Gasteiger partial charge is 0 e. The minimum atomic E-state index is -2.35. The van der Waals surface area contributed by atoms with E-state index in [4.69, 9.17) is 0 Å². The summed E-state index contributed by atoms with van der Waals surface area (Å²) in [5, 5.41) is 13.1. The van der Waals surface area contributed by atoms with E-state index in [2.05, 4.69) is 57.6 Å². The molecule has 5 aromatic rings. The molecule has 0 aliphatic heterocycles. The standard InChI is InChI=1S/C25H21F2GeN2S.C13H24O2.Ir/c1-28(2,3)20-13-17(12-16-6-4-5-7-18(16)20)23-25-24(30-14-29-23)19-9-8-15(11-22(26)27)10-21(19)31-25;1-5-10(6-2)12(14)9-13(15)11(7-3)8-4;/h4-10,13-14,22H,11H2,1-3H3;9-11,14H,5-8H2,1-4H3;/q-1;;/b;12-9-;. The number of aromatic nitrogens is 2.